The molecule has 0 aliphatic heterocycles. The van der Waals surface area contributed by atoms with Crippen molar-refractivity contribution < 1.29 is 0 Å². The molecule has 0 aliphatic rings. The monoisotopic (exact) mass is 249 g/mol. The van der Waals surface area contributed by atoms with Crippen LogP contribution in [0.5, 0.6) is 0 Å². The van der Waals surface area contributed by atoms with Gasteiger partial charge in [0.2, 0.25) is 0 Å². The minimum absolute atomic E-state index is 0.435. The van der Waals surface area contributed by atoms with Crippen molar-refractivity contribution in [1.29, 1.82) is 0 Å². The van der Waals surface area contributed by atoms with E-state index in [1.54, 1.807) is 0 Å². The molecular weight excluding hydrogens is 245 g/mol. The van der Waals surface area contributed by atoms with E-state index in [9.17, 15) is 0 Å². The van der Waals surface area contributed by atoms with Crippen molar-refractivity contribution in [2.75, 3.05) is 11.9 Å². The summed E-state index contributed by atoms with van der Waals surface area (Å²) in [4.78, 5) is 2.95. The van der Waals surface area contributed by atoms with Crippen LogP contribution in [-0.2, 0) is 0 Å². The number of nitrogens with one attached hydrogen (secondary N) is 1. The van der Waals surface area contributed by atoms with E-state index in [1.165, 1.54) is 0 Å². The molecule has 0 saturated carbocycles. The van der Waals surface area contributed by atoms with Crippen molar-refractivity contribution in [3.63, 3.8) is 0 Å². The summed E-state index contributed by atoms with van der Waals surface area (Å²) in [5.41, 5.74) is 0. The first-order valence-corrected chi connectivity index (χ1v) is 4.26. The molecule has 1 unspecified atom stereocenters. The van der Waals surface area contributed by atoms with Crippen LogP contribution >= 0.6 is 43.6 Å². The topological polar surface area (TPSA) is 12.0 Å². The third-order valence-corrected chi connectivity index (χ3v) is 2.92. The molecule has 1 nitrogen and oxygen atoms in total. The maximum Gasteiger partial charge on any atom is 0.0380 e. The summed E-state index contributed by atoms with van der Waals surface area (Å²) >= 11 is 11.8. The van der Waals surface area contributed by atoms with Crippen molar-refractivity contribution in [3.8, 4) is 0 Å². The summed E-state index contributed by atoms with van der Waals surface area (Å²) in [7, 11) is 0. The van der Waals surface area contributed by atoms with Gasteiger partial charge in [0.05, 0.1) is 0 Å². The normalized spacial score (nSPS) is 14.1. The lowest BCUT2D eigenvalue weighted by atomic mass is 10.5. The van der Waals surface area contributed by atoms with Gasteiger partial charge in [-0.25, -0.2) is 4.84 Å². The molecule has 0 aromatic rings. The minimum Gasteiger partial charge on any atom is -0.232 e. The molecule has 0 heterocycles. The fourth-order valence-corrected chi connectivity index (χ4v) is 0.902. The van der Waals surface area contributed by atoms with Crippen LogP contribution in [0.3, 0.4) is 0 Å². The van der Waals surface area contributed by atoms with Crippen LogP contribution in [0.2, 0.25) is 0 Å². The fraction of sp³-hybridized carbons (Fsp3) is 1.00. The number of hydrogen-bond donors (Lipinski definition) is 1. The average molecular weight is 251 g/mol. The van der Waals surface area contributed by atoms with Gasteiger partial charge in [-0.05, 0) is 11.8 Å². The highest BCUT2D eigenvalue weighted by Crippen LogP contribution is 2.00. The number of halogens is 3. The fourth-order valence-electron chi connectivity index (χ4n) is 0.138. The van der Waals surface area contributed by atoms with Gasteiger partial charge in [-0.3, -0.25) is 0 Å². The number of alkyl halides is 2. The molecule has 1 atom stereocenters. The van der Waals surface area contributed by atoms with Gasteiger partial charge >= 0.3 is 0 Å². The van der Waals surface area contributed by atoms with Gasteiger partial charge in [0, 0.05) is 16.7 Å². The molecule has 0 aromatic heterocycles. The Morgan fingerprint density at radius 3 is 2.43 bits per heavy atom. The maximum absolute atomic E-state index is 5.17. The molecule has 7 heavy (non-hydrogen) atoms. The molecule has 0 radical (unpaired) electrons. The van der Waals surface area contributed by atoms with E-state index in [0.717, 1.165) is 11.9 Å². The summed E-state index contributed by atoms with van der Waals surface area (Å²) < 4.78 is 0. The number of rotatable bonds is 3. The smallest absolute Gasteiger partial charge is 0.0380 e. The van der Waals surface area contributed by atoms with Crippen LogP contribution < -0.4 is 4.84 Å². The molecule has 0 bridgehead atoms. The van der Waals surface area contributed by atoms with E-state index in [4.69, 9.17) is 11.8 Å². The van der Waals surface area contributed by atoms with Crippen LogP contribution in [0.25, 0.3) is 0 Å². The van der Waals surface area contributed by atoms with E-state index < -0.39 is 0 Å². The van der Waals surface area contributed by atoms with E-state index in [2.05, 4.69) is 36.7 Å². The highest BCUT2D eigenvalue weighted by atomic mass is 79.9. The lowest BCUT2D eigenvalue weighted by Gasteiger charge is -1.99. The zero-order chi connectivity index (χ0) is 5.70. The Morgan fingerprint density at radius 2 is 2.29 bits per heavy atom. The summed E-state index contributed by atoms with van der Waals surface area (Å²) in [5, 5.41) is 0.923. The Kier molecular flexibility index (Phi) is 6.27. The van der Waals surface area contributed by atoms with Crippen LogP contribution in [0.15, 0.2) is 0 Å². The van der Waals surface area contributed by atoms with Gasteiger partial charge in [-0.2, -0.15) is 0 Å². The molecule has 0 amide bonds. The van der Waals surface area contributed by atoms with E-state index in [1.807, 2.05) is 0 Å². The first-order chi connectivity index (χ1) is 3.31. The molecule has 0 aromatic carbocycles. The highest BCUT2D eigenvalue weighted by molar-refractivity contribution is 9.12. The van der Waals surface area contributed by atoms with Gasteiger partial charge in [0.25, 0.3) is 0 Å². The van der Waals surface area contributed by atoms with Crippen LogP contribution in [0, 0.1) is 0 Å². The third-order valence-electron chi connectivity index (χ3n) is 0.466. The Bertz CT molecular complexity index is 43.9. The Labute approximate surface area is 65.2 Å². The minimum atomic E-state index is 0.435. The van der Waals surface area contributed by atoms with Gasteiger partial charge < -0.3 is 0 Å². The van der Waals surface area contributed by atoms with Gasteiger partial charge in [-0.15, -0.1) is 0 Å². The van der Waals surface area contributed by atoms with Gasteiger partial charge in [0.15, 0.2) is 0 Å². The molecule has 0 spiro atoms. The second-order valence-electron chi connectivity index (χ2n) is 1.09. The van der Waals surface area contributed by atoms with Crippen molar-refractivity contribution >= 4 is 43.6 Å². The standard InChI is InChI=1S/C3H6Br2ClN/c4-1-3(5)2-7-6/h3,7H,1-2H2. The van der Waals surface area contributed by atoms with Crippen LogP contribution in [0.4, 0.5) is 0 Å². The summed E-state index contributed by atoms with van der Waals surface area (Å²) in [6.07, 6.45) is 0. The SMILES string of the molecule is ClNCC(Br)CBr. The predicted octanol–water partition coefficient (Wildman–Crippen LogP) is 1.89. The average Bonchev–Trinajstić information content (AvgIpc) is 1.68. The predicted molar refractivity (Wildman–Crippen MR) is 40.4 cm³/mol. The van der Waals surface area contributed by atoms with E-state index >= 15 is 0 Å². The van der Waals surface area contributed by atoms with Gasteiger partial charge in [-0.1, -0.05) is 31.9 Å². The number of hydrogen-bond acceptors (Lipinski definition) is 1. The van der Waals surface area contributed by atoms with Crippen LogP contribution in [-0.4, -0.2) is 16.7 Å². The second-order valence-corrected chi connectivity index (χ2v) is 3.30. The third kappa shape index (κ3) is 5.07. The Balaban J connectivity index is 2.83. The zero-order valence-corrected chi connectivity index (χ0v) is 7.55. The van der Waals surface area contributed by atoms with Crippen LogP contribution in [0.1, 0.15) is 0 Å². The molecule has 0 rings (SSSR count). The quantitative estimate of drug-likeness (QED) is 0.596. The van der Waals surface area contributed by atoms with Crippen molar-refractivity contribution in [2.45, 2.75) is 4.83 Å². The highest BCUT2D eigenvalue weighted by Gasteiger charge is 1.96. The second kappa shape index (κ2) is 5.35. The van der Waals surface area contributed by atoms with E-state index in [0.29, 0.717) is 4.83 Å². The summed E-state index contributed by atoms with van der Waals surface area (Å²) in [6, 6.07) is 0. The summed E-state index contributed by atoms with van der Waals surface area (Å²) in [6.45, 7) is 0.785. The molecule has 0 aliphatic carbocycles. The molecule has 0 saturated heterocycles. The molecule has 0 fully saturated rings. The Hall–Kier alpha value is 1.21. The maximum atomic E-state index is 5.17. The first-order valence-electron chi connectivity index (χ1n) is 1.84. The molecule has 4 heteroatoms. The van der Waals surface area contributed by atoms with Gasteiger partial charge in [0.1, 0.15) is 0 Å². The lowest BCUT2D eigenvalue weighted by Crippen LogP contribution is -2.14. The van der Waals surface area contributed by atoms with Crippen molar-refractivity contribution in [2.24, 2.45) is 0 Å². The van der Waals surface area contributed by atoms with Crippen molar-refractivity contribution in [3.05, 3.63) is 0 Å². The molecular formula is C3H6Br2ClN. The zero-order valence-electron chi connectivity index (χ0n) is 3.63. The largest absolute Gasteiger partial charge is 0.232 e. The lowest BCUT2D eigenvalue weighted by molar-refractivity contribution is 0.912. The Morgan fingerprint density at radius 1 is 1.71 bits per heavy atom. The van der Waals surface area contributed by atoms with E-state index in [-0.39, 0.29) is 0 Å². The summed E-state index contributed by atoms with van der Waals surface area (Å²) in [5.74, 6) is 0. The van der Waals surface area contributed by atoms with Crippen molar-refractivity contribution in [1.82, 2.24) is 4.84 Å². The molecule has 44 valence electrons. The molecule has 1 N–H and O–H groups in total. The first kappa shape index (κ1) is 8.21.